The minimum atomic E-state index is -5.03. The number of para-hydroxylation sites is 2. The lowest BCUT2D eigenvalue weighted by atomic mass is 10.0. The number of amides is 1. The van der Waals surface area contributed by atoms with Crippen LogP contribution in [-0.4, -0.2) is 30.7 Å². The van der Waals surface area contributed by atoms with Crippen molar-refractivity contribution in [3.8, 4) is 28.5 Å². The number of nitrogens with zero attached hydrogens (tertiary/aromatic N) is 2. The van der Waals surface area contributed by atoms with Crippen LogP contribution in [0.4, 0.5) is 13.2 Å². The largest absolute Gasteiger partial charge is 0.573 e. The molecule has 3 aromatic carbocycles. The number of rotatable bonds is 6. The van der Waals surface area contributed by atoms with E-state index in [2.05, 4.69) is 14.7 Å². The third-order valence-electron chi connectivity index (χ3n) is 4.64. The fraction of sp³-hybridized carbons (Fsp3) is 0.0455. The van der Waals surface area contributed by atoms with Gasteiger partial charge in [0.2, 0.25) is 10.0 Å². The van der Waals surface area contributed by atoms with E-state index in [4.69, 9.17) is 15.6 Å². The lowest BCUT2D eigenvalue weighted by molar-refractivity contribution is -0.274. The molecular weight excluding hydrogens is 489 g/mol. The molecule has 9 nitrogen and oxygen atoms in total. The van der Waals surface area contributed by atoms with Crippen LogP contribution in [0.1, 0.15) is 10.5 Å². The van der Waals surface area contributed by atoms with E-state index < -0.39 is 28.0 Å². The molecule has 0 aliphatic heterocycles. The number of carbonyl (C=O) groups excluding carboxylic acids is 1. The summed E-state index contributed by atoms with van der Waals surface area (Å²) in [7, 11) is -4.14. The fourth-order valence-electron chi connectivity index (χ4n) is 3.18. The zero-order valence-electron chi connectivity index (χ0n) is 17.5. The van der Waals surface area contributed by atoms with Crippen molar-refractivity contribution >= 4 is 27.0 Å². The van der Waals surface area contributed by atoms with E-state index in [0.717, 1.165) is 24.3 Å². The Hall–Kier alpha value is -4.23. The molecule has 4 rings (SSSR count). The maximum atomic E-state index is 13.0. The van der Waals surface area contributed by atoms with Gasteiger partial charge in [0, 0.05) is 5.56 Å². The summed E-state index contributed by atoms with van der Waals surface area (Å²) < 4.78 is 72.2. The van der Waals surface area contributed by atoms with Gasteiger partial charge < -0.3 is 15.2 Å². The number of halogens is 3. The maximum Gasteiger partial charge on any atom is 0.573 e. The number of carbonyl (C=O) groups is 1. The van der Waals surface area contributed by atoms with E-state index in [0.29, 0.717) is 11.0 Å². The average molecular weight is 504 g/mol. The van der Waals surface area contributed by atoms with E-state index >= 15 is 0 Å². The monoisotopic (exact) mass is 504 g/mol. The summed E-state index contributed by atoms with van der Waals surface area (Å²) >= 11 is 0. The molecule has 0 bridgehead atoms. The van der Waals surface area contributed by atoms with Gasteiger partial charge in [0.1, 0.15) is 11.5 Å². The molecule has 0 saturated carbocycles. The summed E-state index contributed by atoms with van der Waals surface area (Å²) in [6.07, 6.45) is -5.03. The molecule has 180 valence electrons. The summed E-state index contributed by atoms with van der Waals surface area (Å²) in [5.74, 6) is -1.89. The number of aromatic nitrogens is 2. The summed E-state index contributed by atoms with van der Waals surface area (Å²) in [5, 5.41) is 5.14. The van der Waals surface area contributed by atoms with Gasteiger partial charge in [-0.05, 0) is 48.0 Å². The molecule has 0 unspecified atom stereocenters. The first kappa shape index (κ1) is 23.9. The molecule has 0 spiro atoms. The zero-order chi connectivity index (χ0) is 25.4. The molecule has 0 aliphatic rings. The zero-order valence-corrected chi connectivity index (χ0v) is 18.3. The van der Waals surface area contributed by atoms with E-state index in [1.54, 1.807) is 24.3 Å². The summed E-state index contributed by atoms with van der Waals surface area (Å²) in [5.41, 5.74) is 5.74. The Kier molecular flexibility index (Phi) is 6.05. The highest BCUT2D eigenvalue weighted by Crippen LogP contribution is 2.38. The van der Waals surface area contributed by atoms with Crippen molar-refractivity contribution in [2.24, 2.45) is 10.9 Å². The molecule has 1 aromatic heterocycles. The van der Waals surface area contributed by atoms with Crippen LogP contribution in [0.15, 0.2) is 71.6 Å². The van der Waals surface area contributed by atoms with Crippen molar-refractivity contribution in [1.82, 2.24) is 9.97 Å². The van der Waals surface area contributed by atoms with Crippen LogP contribution in [0.5, 0.6) is 17.4 Å². The summed E-state index contributed by atoms with van der Waals surface area (Å²) in [6.45, 7) is 0. The molecule has 0 radical (unpaired) electrons. The normalized spacial score (nSPS) is 11.9. The molecule has 1 heterocycles. The quantitative estimate of drug-likeness (QED) is 0.406. The van der Waals surface area contributed by atoms with Crippen molar-refractivity contribution in [3.05, 3.63) is 72.4 Å². The van der Waals surface area contributed by atoms with Gasteiger partial charge in [0.25, 0.3) is 11.8 Å². The van der Waals surface area contributed by atoms with Crippen LogP contribution in [0.2, 0.25) is 0 Å². The van der Waals surface area contributed by atoms with Crippen molar-refractivity contribution in [2.75, 3.05) is 0 Å². The van der Waals surface area contributed by atoms with E-state index in [1.165, 1.54) is 18.2 Å². The highest BCUT2D eigenvalue weighted by Gasteiger charge is 2.32. The highest BCUT2D eigenvalue weighted by molar-refractivity contribution is 7.89. The van der Waals surface area contributed by atoms with Crippen LogP contribution in [0.25, 0.3) is 22.2 Å². The number of hydrogen-bond acceptors (Lipinski definition) is 7. The second kappa shape index (κ2) is 8.85. The number of benzene rings is 3. The second-order valence-corrected chi connectivity index (χ2v) is 8.67. The first-order valence-corrected chi connectivity index (χ1v) is 11.2. The number of primary sulfonamides is 1. The van der Waals surface area contributed by atoms with Gasteiger partial charge in [-0.2, -0.15) is 0 Å². The molecule has 4 N–H and O–H groups in total. The van der Waals surface area contributed by atoms with Gasteiger partial charge >= 0.3 is 6.36 Å². The second-order valence-electron chi connectivity index (χ2n) is 7.11. The van der Waals surface area contributed by atoms with Crippen molar-refractivity contribution in [1.29, 1.82) is 0 Å². The number of nitrogens with two attached hydrogens (primary N) is 2. The average Bonchev–Trinajstić information content (AvgIpc) is 2.78. The first-order valence-electron chi connectivity index (χ1n) is 9.68. The molecule has 0 aliphatic carbocycles. The SMILES string of the molecule is NC(=O)c1nc2ccccc2nc1Oc1ccc(OC(F)(F)F)c(-c2cccc(S(N)(=O)=O)c2)c1. The van der Waals surface area contributed by atoms with Crippen LogP contribution in [-0.2, 0) is 10.0 Å². The van der Waals surface area contributed by atoms with Crippen LogP contribution in [0.3, 0.4) is 0 Å². The summed E-state index contributed by atoms with van der Waals surface area (Å²) in [4.78, 5) is 20.0. The molecule has 0 saturated heterocycles. The first-order chi connectivity index (χ1) is 16.4. The Morgan fingerprint density at radius 1 is 0.914 bits per heavy atom. The van der Waals surface area contributed by atoms with Crippen LogP contribution < -0.4 is 20.3 Å². The van der Waals surface area contributed by atoms with Crippen molar-refractivity contribution in [3.63, 3.8) is 0 Å². The number of sulfonamides is 1. The lowest BCUT2D eigenvalue weighted by Gasteiger charge is -2.16. The molecule has 0 fully saturated rings. The standard InChI is InChI=1S/C22H15F3N4O5S/c23-22(24,25)34-18-9-8-13(11-15(18)12-4-3-5-14(10-12)35(27,31)32)33-21-19(20(26)30)28-16-6-1-2-7-17(16)29-21/h1-11H,(H2,26,30)(H2,27,31,32). The molecule has 1 amide bonds. The van der Waals surface area contributed by atoms with E-state index in [9.17, 15) is 26.4 Å². The Labute approximate surface area is 196 Å². The predicted octanol–water partition coefficient (Wildman–Crippen LogP) is 3.73. The third-order valence-corrected chi connectivity index (χ3v) is 5.55. The maximum absolute atomic E-state index is 13.0. The Morgan fingerprint density at radius 3 is 2.23 bits per heavy atom. The molecule has 0 atom stereocenters. The molecule has 35 heavy (non-hydrogen) atoms. The Bertz CT molecular complexity index is 1560. The number of hydrogen-bond donors (Lipinski definition) is 2. The highest BCUT2D eigenvalue weighted by atomic mass is 32.2. The molecule has 4 aromatic rings. The van der Waals surface area contributed by atoms with Crippen LogP contribution >= 0.6 is 0 Å². The minimum absolute atomic E-state index is 0.0425. The predicted molar refractivity (Wildman–Crippen MR) is 118 cm³/mol. The van der Waals surface area contributed by atoms with E-state index in [1.807, 2.05) is 0 Å². The molecule has 13 heteroatoms. The third kappa shape index (κ3) is 5.47. The fourth-order valence-corrected chi connectivity index (χ4v) is 3.74. The van der Waals surface area contributed by atoms with Crippen LogP contribution in [0, 0.1) is 0 Å². The number of ether oxygens (including phenoxy) is 2. The smallest absolute Gasteiger partial charge is 0.437 e. The lowest BCUT2D eigenvalue weighted by Crippen LogP contribution is -2.18. The number of fused-ring (bicyclic) bond motifs is 1. The van der Waals surface area contributed by atoms with Gasteiger partial charge in [-0.3, -0.25) is 4.79 Å². The van der Waals surface area contributed by atoms with Crippen molar-refractivity contribution in [2.45, 2.75) is 11.3 Å². The van der Waals surface area contributed by atoms with Gasteiger partial charge in [0.15, 0.2) is 5.69 Å². The van der Waals surface area contributed by atoms with Gasteiger partial charge in [-0.15, -0.1) is 13.2 Å². The minimum Gasteiger partial charge on any atom is -0.437 e. The van der Waals surface area contributed by atoms with Gasteiger partial charge in [-0.25, -0.2) is 23.5 Å². The summed E-state index contributed by atoms with van der Waals surface area (Å²) in [6, 6.07) is 14.8. The molecular formula is C22H15F3N4O5S. The number of alkyl halides is 3. The van der Waals surface area contributed by atoms with E-state index in [-0.39, 0.29) is 33.3 Å². The van der Waals surface area contributed by atoms with Gasteiger partial charge in [0.05, 0.1) is 15.9 Å². The Balaban J connectivity index is 1.84. The topological polar surface area (TPSA) is 147 Å². The Morgan fingerprint density at radius 2 is 1.60 bits per heavy atom. The van der Waals surface area contributed by atoms with Crippen molar-refractivity contribution < 1.29 is 35.9 Å². The number of primary amides is 1. The van der Waals surface area contributed by atoms with Gasteiger partial charge in [-0.1, -0.05) is 24.3 Å².